The maximum atomic E-state index is 12.5. The van der Waals surface area contributed by atoms with Gasteiger partial charge in [-0.25, -0.2) is 17.5 Å². The predicted octanol–water partition coefficient (Wildman–Crippen LogP) is 3.15. The molecule has 1 N–H and O–H groups in total. The van der Waals surface area contributed by atoms with E-state index in [1.807, 2.05) is 6.92 Å². The molecule has 2 aromatic rings. The van der Waals surface area contributed by atoms with Crippen molar-refractivity contribution >= 4 is 27.6 Å². The summed E-state index contributed by atoms with van der Waals surface area (Å²) in [5, 5.41) is 2.70. The Morgan fingerprint density at radius 3 is 2.11 bits per heavy atom. The lowest BCUT2D eigenvalue weighted by Gasteiger charge is -2.17. The van der Waals surface area contributed by atoms with Crippen molar-refractivity contribution in [2.45, 2.75) is 24.7 Å². The van der Waals surface area contributed by atoms with E-state index in [1.54, 1.807) is 19.2 Å². The molecule has 0 aliphatic carbocycles. The number of ether oxygens (including phenoxy) is 1. The molecule has 0 heterocycles. The molecule has 28 heavy (non-hydrogen) atoms. The Balaban J connectivity index is 2.07. The third-order valence-corrected chi connectivity index (χ3v) is 6.09. The Labute approximate surface area is 165 Å². The van der Waals surface area contributed by atoms with Gasteiger partial charge in [0.05, 0.1) is 17.6 Å². The summed E-state index contributed by atoms with van der Waals surface area (Å²) in [6, 6.07) is 12.1. The molecule has 2 rings (SSSR count). The van der Waals surface area contributed by atoms with Gasteiger partial charge in [0.2, 0.25) is 10.0 Å². The number of sulfonamides is 1. The van der Waals surface area contributed by atoms with Gasteiger partial charge in [-0.1, -0.05) is 13.3 Å². The van der Waals surface area contributed by atoms with Crippen LogP contribution in [0.15, 0.2) is 53.4 Å². The standard InChI is InChI=1S/C20H24N2O5S/c1-4-5-14-22(2)28(25,26)18-12-10-17(11-13-18)21-19(23)15-6-8-16(9-7-15)20(24)27-3/h6-13H,4-5,14H2,1-3H3,(H,21,23). The van der Waals surface area contributed by atoms with Crippen LogP contribution in [0.1, 0.15) is 40.5 Å². The SMILES string of the molecule is CCCCN(C)S(=O)(=O)c1ccc(NC(=O)c2ccc(C(=O)OC)cc2)cc1. The molecule has 0 aromatic heterocycles. The van der Waals surface area contributed by atoms with Crippen LogP contribution in [0.2, 0.25) is 0 Å². The zero-order chi connectivity index (χ0) is 20.7. The quantitative estimate of drug-likeness (QED) is 0.682. The number of nitrogens with one attached hydrogen (secondary N) is 1. The Hall–Kier alpha value is -2.71. The average Bonchev–Trinajstić information content (AvgIpc) is 2.71. The van der Waals surface area contributed by atoms with E-state index in [1.165, 1.54) is 47.8 Å². The Morgan fingerprint density at radius 2 is 1.57 bits per heavy atom. The summed E-state index contributed by atoms with van der Waals surface area (Å²) in [6.07, 6.45) is 1.70. The summed E-state index contributed by atoms with van der Waals surface area (Å²) in [6.45, 7) is 2.46. The van der Waals surface area contributed by atoms with Crippen LogP contribution in [-0.2, 0) is 14.8 Å². The summed E-state index contributed by atoms with van der Waals surface area (Å²) < 4.78 is 31.0. The first-order chi connectivity index (χ1) is 13.3. The summed E-state index contributed by atoms with van der Waals surface area (Å²) in [5.41, 5.74) is 1.18. The van der Waals surface area contributed by atoms with Gasteiger partial charge < -0.3 is 10.1 Å². The monoisotopic (exact) mass is 404 g/mol. The van der Waals surface area contributed by atoms with Crippen molar-refractivity contribution in [3.05, 3.63) is 59.7 Å². The van der Waals surface area contributed by atoms with Crippen LogP contribution >= 0.6 is 0 Å². The number of carbonyl (C=O) groups is 2. The molecule has 0 saturated heterocycles. The van der Waals surface area contributed by atoms with Gasteiger partial charge in [-0.15, -0.1) is 0 Å². The first-order valence-corrected chi connectivity index (χ1v) is 10.3. The zero-order valence-corrected chi connectivity index (χ0v) is 17.0. The van der Waals surface area contributed by atoms with Crippen LogP contribution in [0.3, 0.4) is 0 Å². The van der Waals surface area contributed by atoms with Crippen molar-refractivity contribution in [1.82, 2.24) is 4.31 Å². The van der Waals surface area contributed by atoms with Crippen molar-refractivity contribution in [3.63, 3.8) is 0 Å². The maximum Gasteiger partial charge on any atom is 0.337 e. The number of amides is 1. The number of hydrogen-bond donors (Lipinski definition) is 1. The lowest BCUT2D eigenvalue weighted by atomic mass is 10.1. The normalized spacial score (nSPS) is 11.3. The molecule has 0 unspecified atom stereocenters. The van der Waals surface area contributed by atoms with E-state index in [4.69, 9.17) is 0 Å². The first-order valence-electron chi connectivity index (χ1n) is 8.85. The second-order valence-electron chi connectivity index (χ2n) is 6.23. The summed E-state index contributed by atoms with van der Waals surface area (Å²) in [7, 11) is -0.707. The van der Waals surface area contributed by atoms with Gasteiger partial charge in [-0.2, -0.15) is 0 Å². The molecule has 0 aliphatic rings. The van der Waals surface area contributed by atoms with Gasteiger partial charge in [-0.05, 0) is 55.0 Å². The van der Waals surface area contributed by atoms with Crippen molar-refractivity contribution in [1.29, 1.82) is 0 Å². The molecule has 1 amide bonds. The van der Waals surface area contributed by atoms with Gasteiger partial charge in [0.25, 0.3) is 5.91 Å². The zero-order valence-electron chi connectivity index (χ0n) is 16.1. The van der Waals surface area contributed by atoms with Gasteiger partial charge >= 0.3 is 5.97 Å². The number of methoxy groups -OCH3 is 1. The third-order valence-electron chi connectivity index (χ3n) is 4.22. The Morgan fingerprint density at radius 1 is 1.00 bits per heavy atom. The molecule has 2 aromatic carbocycles. The highest BCUT2D eigenvalue weighted by Gasteiger charge is 2.20. The topological polar surface area (TPSA) is 92.8 Å². The number of rotatable bonds is 8. The lowest BCUT2D eigenvalue weighted by Crippen LogP contribution is -2.27. The molecular formula is C20H24N2O5S. The van der Waals surface area contributed by atoms with Crippen LogP contribution in [-0.4, -0.2) is 45.3 Å². The van der Waals surface area contributed by atoms with Crippen LogP contribution < -0.4 is 5.32 Å². The molecule has 150 valence electrons. The Kier molecular flexibility index (Phi) is 7.31. The Bertz CT molecular complexity index is 922. The number of esters is 1. The van der Waals surface area contributed by atoms with Gasteiger partial charge in [0.1, 0.15) is 0 Å². The molecular weight excluding hydrogens is 380 g/mol. The van der Waals surface area contributed by atoms with Crippen LogP contribution in [0, 0.1) is 0 Å². The lowest BCUT2D eigenvalue weighted by molar-refractivity contribution is 0.0600. The number of anilines is 1. The summed E-state index contributed by atoms with van der Waals surface area (Å²) in [5.74, 6) is -0.847. The molecule has 0 saturated carbocycles. The molecule has 0 bridgehead atoms. The second-order valence-corrected chi connectivity index (χ2v) is 8.27. The van der Waals surface area contributed by atoms with E-state index in [-0.39, 0.29) is 10.8 Å². The minimum Gasteiger partial charge on any atom is -0.465 e. The van der Waals surface area contributed by atoms with Crippen LogP contribution in [0.5, 0.6) is 0 Å². The van der Waals surface area contributed by atoms with E-state index >= 15 is 0 Å². The average molecular weight is 404 g/mol. The number of benzene rings is 2. The van der Waals surface area contributed by atoms with Crippen molar-refractivity contribution in [3.8, 4) is 0 Å². The number of hydrogen-bond acceptors (Lipinski definition) is 5. The molecule has 8 heteroatoms. The number of carbonyl (C=O) groups excluding carboxylic acids is 2. The molecule has 0 fully saturated rings. The summed E-state index contributed by atoms with van der Waals surface area (Å²) in [4.78, 5) is 23.9. The van der Waals surface area contributed by atoms with Gasteiger partial charge in [0, 0.05) is 24.8 Å². The van der Waals surface area contributed by atoms with E-state index in [0.29, 0.717) is 23.4 Å². The fourth-order valence-corrected chi connectivity index (χ4v) is 3.68. The van der Waals surface area contributed by atoms with E-state index in [0.717, 1.165) is 12.8 Å². The minimum absolute atomic E-state index is 0.173. The van der Waals surface area contributed by atoms with E-state index < -0.39 is 16.0 Å². The van der Waals surface area contributed by atoms with Crippen molar-refractivity contribution < 1.29 is 22.7 Å². The van der Waals surface area contributed by atoms with Gasteiger partial charge in [0.15, 0.2) is 0 Å². The molecule has 7 nitrogen and oxygen atoms in total. The highest BCUT2D eigenvalue weighted by molar-refractivity contribution is 7.89. The van der Waals surface area contributed by atoms with Gasteiger partial charge in [-0.3, -0.25) is 4.79 Å². The van der Waals surface area contributed by atoms with Crippen molar-refractivity contribution in [2.75, 3.05) is 26.0 Å². The van der Waals surface area contributed by atoms with E-state index in [9.17, 15) is 18.0 Å². The van der Waals surface area contributed by atoms with E-state index in [2.05, 4.69) is 10.1 Å². The highest BCUT2D eigenvalue weighted by atomic mass is 32.2. The molecule has 0 radical (unpaired) electrons. The first kappa shape index (κ1) is 21.6. The third kappa shape index (κ3) is 5.17. The maximum absolute atomic E-state index is 12.5. The second kappa shape index (κ2) is 9.48. The fraction of sp³-hybridized carbons (Fsp3) is 0.300. The van der Waals surface area contributed by atoms with Crippen LogP contribution in [0.4, 0.5) is 5.69 Å². The smallest absolute Gasteiger partial charge is 0.337 e. The van der Waals surface area contributed by atoms with Crippen LogP contribution in [0.25, 0.3) is 0 Å². The minimum atomic E-state index is -3.55. The predicted molar refractivity (Wildman–Crippen MR) is 107 cm³/mol. The number of nitrogens with zero attached hydrogens (tertiary/aromatic N) is 1. The number of unbranched alkanes of at least 4 members (excludes halogenated alkanes) is 1. The molecule has 0 aliphatic heterocycles. The van der Waals surface area contributed by atoms with Crippen molar-refractivity contribution in [2.24, 2.45) is 0 Å². The fourth-order valence-electron chi connectivity index (χ4n) is 2.47. The highest BCUT2D eigenvalue weighted by Crippen LogP contribution is 2.18. The molecule has 0 spiro atoms. The largest absolute Gasteiger partial charge is 0.465 e. The summed E-state index contributed by atoms with van der Waals surface area (Å²) >= 11 is 0. The molecule has 0 atom stereocenters.